The average molecular weight is 426 g/mol. The van der Waals surface area contributed by atoms with Crippen molar-refractivity contribution in [3.05, 3.63) is 54.1 Å². The second-order valence-corrected chi connectivity index (χ2v) is 7.50. The number of anilines is 3. The Morgan fingerprint density at radius 3 is 2.32 bits per heavy atom. The highest BCUT2D eigenvalue weighted by Gasteiger charge is 2.18. The smallest absolute Gasteiger partial charge is 0.327 e. The Morgan fingerprint density at radius 1 is 0.903 bits per heavy atom. The maximum Gasteiger partial charge on any atom is 0.327 e. The van der Waals surface area contributed by atoms with Gasteiger partial charge in [0.1, 0.15) is 0 Å². The van der Waals surface area contributed by atoms with Gasteiger partial charge in [-0.25, -0.2) is 9.59 Å². The molecular weight excluding hydrogens is 390 g/mol. The van der Waals surface area contributed by atoms with Crippen LogP contribution in [0, 0.1) is 6.92 Å². The van der Waals surface area contributed by atoms with Gasteiger partial charge < -0.3 is 21.7 Å². The minimum atomic E-state index is -0.337. The number of carbonyl (C=O) groups excluding carboxylic acids is 2. The van der Waals surface area contributed by atoms with E-state index in [2.05, 4.69) is 22.9 Å². The highest BCUT2D eigenvalue weighted by molar-refractivity contribution is 6.00. The van der Waals surface area contributed by atoms with Crippen LogP contribution in [0.25, 0.3) is 0 Å². The summed E-state index contributed by atoms with van der Waals surface area (Å²) in [6.07, 6.45) is 7.05. The second-order valence-electron chi connectivity index (χ2n) is 7.50. The lowest BCUT2D eigenvalue weighted by Gasteiger charge is -2.24. The monoisotopic (exact) mass is 425 g/mol. The van der Waals surface area contributed by atoms with Crippen molar-refractivity contribution in [2.24, 2.45) is 5.73 Å². The van der Waals surface area contributed by atoms with Gasteiger partial charge in [-0.05, 0) is 43.2 Å². The van der Waals surface area contributed by atoms with Crippen molar-refractivity contribution in [1.82, 2.24) is 10.6 Å². The Hall–Kier alpha value is -3.06. The van der Waals surface area contributed by atoms with Crippen LogP contribution in [0.4, 0.5) is 26.7 Å². The zero-order valence-electron chi connectivity index (χ0n) is 18.6. The fraction of sp³-hybridized carbons (Fsp3) is 0.417. The van der Waals surface area contributed by atoms with E-state index in [1.54, 1.807) is 6.07 Å². The summed E-state index contributed by atoms with van der Waals surface area (Å²) < 4.78 is 0. The molecule has 2 aromatic carbocycles. The summed E-state index contributed by atoms with van der Waals surface area (Å²) >= 11 is 0. The first kappa shape index (κ1) is 24.2. The van der Waals surface area contributed by atoms with Crippen molar-refractivity contribution in [3.63, 3.8) is 0 Å². The molecule has 0 bridgehead atoms. The molecule has 0 aromatic heterocycles. The van der Waals surface area contributed by atoms with E-state index < -0.39 is 0 Å². The maximum absolute atomic E-state index is 12.7. The molecule has 0 aliphatic rings. The number of para-hydroxylation sites is 1. The van der Waals surface area contributed by atoms with Gasteiger partial charge >= 0.3 is 12.1 Å². The van der Waals surface area contributed by atoms with Crippen LogP contribution >= 0.6 is 0 Å². The standard InChI is InChI=1S/C24H35N5O2/c1-3-4-5-6-7-11-16-26-23(30)28-22-17-21(15-14-19(22)2)29(24(31)27-18-25)20-12-9-8-10-13-20/h8-10,12-15,17H,3-7,11,16,18,25H2,1-2H3,(H,27,31)(H2,26,28,30). The number of nitrogens with one attached hydrogen (secondary N) is 3. The Balaban J connectivity index is 2.04. The number of nitrogens with two attached hydrogens (primary N) is 1. The van der Waals surface area contributed by atoms with Crippen LogP contribution in [-0.2, 0) is 0 Å². The number of unbranched alkanes of at least 4 members (excludes halogenated alkanes) is 5. The van der Waals surface area contributed by atoms with E-state index in [-0.39, 0.29) is 18.7 Å². The number of carbonyl (C=O) groups is 2. The topological polar surface area (TPSA) is 99.5 Å². The zero-order chi connectivity index (χ0) is 22.5. The molecule has 0 unspecified atom stereocenters. The van der Waals surface area contributed by atoms with Crippen LogP contribution in [0.3, 0.4) is 0 Å². The van der Waals surface area contributed by atoms with Gasteiger partial charge in [0.25, 0.3) is 0 Å². The van der Waals surface area contributed by atoms with Gasteiger partial charge in [-0.2, -0.15) is 0 Å². The van der Waals surface area contributed by atoms with Crippen molar-refractivity contribution < 1.29 is 9.59 Å². The van der Waals surface area contributed by atoms with Gasteiger partial charge in [-0.1, -0.05) is 63.3 Å². The lowest BCUT2D eigenvalue weighted by molar-refractivity contribution is 0.248. The summed E-state index contributed by atoms with van der Waals surface area (Å²) in [4.78, 5) is 26.6. The van der Waals surface area contributed by atoms with Crippen LogP contribution < -0.4 is 26.6 Å². The molecule has 0 spiro atoms. The molecule has 4 amide bonds. The SMILES string of the molecule is CCCCCCCCNC(=O)Nc1cc(N(C(=O)NCN)c2ccccc2)ccc1C. The summed E-state index contributed by atoms with van der Waals surface area (Å²) in [6.45, 7) is 4.79. The molecule has 0 fully saturated rings. The molecule has 5 N–H and O–H groups in total. The van der Waals surface area contributed by atoms with Crippen LogP contribution in [0.2, 0.25) is 0 Å². The van der Waals surface area contributed by atoms with Crippen LogP contribution in [0.15, 0.2) is 48.5 Å². The molecule has 31 heavy (non-hydrogen) atoms. The molecule has 0 aliphatic heterocycles. The van der Waals surface area contributed by atoms with E-state index in [0.717, 1.165) is 18.4 Å². The van der Waals surface area contributed by atoms with E-state index >= 15 is 0 Å². The molecular formula is C24H35N5O2. The predicted molar refractivity (Wildman–Crippen MR) is 128 cm³/mol. The quantitative estimate of drug-likeness (QED) is 0.292. The van der Waals surface area contributed by atoms with Crippen molar-refractivity contribution in [2.75, 3.05) is 23.4 Å². The molecule has 168 valence electrons. The summed E-state index contributed by atoms with van der Waals surface area (Å²) in [5.74, 6) is 0. The van der Waals surface area contributed by atoms with Gasteiger partial charge in [-0.15, -0.1) is 0 Å². The molecule has 0 saturated heterocycles. The minimum Gasteiger partial charge on any atom is -0.338 e. The highest BCUT2D eigenvalue weighted by atomic mass is 16.2. The third-order valence-corrected chi connectivity index (χ3v) is 5.01. The van der Waals surface area contributed by atoms with Gasteiger partial charge in [-0.3, -0.25) is 4.90 Å². The van der Waals surface area contributed by atoms with E-state index in [1.165, 1.54) is 30.6 Å². The molecule has 0 saturated carbocycles. The Labute approximate surface area is 185 Å². The number of rotatable bonds is 11. The van der Waals surface area contributed by atoms with E-state index in [9.17, 15) is 9.59 Å². The first-order chi connectivity index (χ1) is 15.1. The molecule has 0 aliphatic carbocycles. The van der Waals surface area contributed by atoms with Gasteiger partial charge in [0.2, 0.25) is 0 Å². The maximum atomic E-state index is 12.7. The van der Waals surface area contributed by atoms with Crippen molar-refractivity contribution in [1.29, 1.82) is 0 Å². The van der Waals surface area contributed by atoms with E-state index in [0.29, 0.717) is 23.6 Å². The van der Waals surface area contributed by atoms with Crippen LogP contribution in [0.1, 0.15) is 51.0 Å². The molecule has 0 atom stereocenters. The minimum absolute atomic E-state index is 0.0278. The number of hydrogen-bond donors (Lipinski definition) is 4. The molecule has 0 heterocycles. The number of amides is 4. The predicted octanol–water partition coefficient (Wildman–Crippen LogP) is 5.24. The Bertz CT molecular complexity index is 826. The van der Waals surface area contributed by atoms with E-state index in [1.807, 2.05) is 49.4 Å². The van der Waals surface area contributed by atoms with Gasteiger partial charge in [0.05, 0.1) is 18.0 Å². The van der Waals surface area contributed by atoms with Gasteiger partial charge in [0, 0.05) is 12.2 Å². The third-order valence-electron chi connectivity index (χ3n) is 5.01. The van der Waals surface area contributed by atoms with Crippen LogP contribution in [-0.4, -0.2) is 25.3 Å². The number of benzene rings is 2. The lowest BCUT2D eigenvalue weighted by atomic mass is 10.1. The largest absolute Gasteiger partial charge is 0.338 e. The summed E-state index contributed by atoms with van der Waals surface area (Å²) in [5, 5.41) is 8.45. The van der Waals surface area contributed by atoms with Crippen molar-refractivity contribution in [3.8, 4) is 0 Å². The number of aryl methyl sites for hydroxylation is 1. The molecule has 2 aromatic rings. The first-order valence-electron chi connectivity index (χ1n) is 11.1. The highest BCUT2D eigenvalue weighted by Crippen LogP contribution is 2.29. The Morgan fingerprint density at radius 2 is 1.61 bits per heavy atom. The van der Waals surface area contributed by atoms with Crippen molar-refractivity contribution in [2.45, 2.75) is 52.4 Å². The third kappa shape index (κ3) is 7.94. The summed E-state index contributed by atoms with van der Waals surface area (Å²) in [7, 11) is 0. The normalized spacial score (nSPS) is 10.4. The first-order valence-corrected chi connectivity index (χ1v) is 11.1. The fourth-order valence-corrected chi connectivity index (χ4v) is 3.28. The molecule has 7 heteroatoms. The number of hydrogen-bond acceptors (Lipinski definition) is 3. The zero-order valence-corrected chi connectivity index (χ0v) is 18.6. The molecule has 7 nitrogen and oxygen atoms in total. The summed E-state index contributed by atoms with van der Waals surface area (Å²) in [5.41, 5.74) is 8.41. The number of nitrogens with zero attached hydrogens (tertiary/aromatic N) is 1. The van der Waals surface area contributed by atoms with E-state index in [4.69, 9.17) is 5.73 Å². The number of urea groups is 2. The van der Waals surface area contributed by atoms with Gasteiger partial charge in [0.15, 0.2) is 0 Å². The second kappa shape index (κ2) is 13.3. The van der Waals surface area contributed by atoms with Crippen molar-refractivity contribution >= 4 is 29.1 Å². The summed E-state index contributed by atoms with van der Waals surface area (Å²) in [6, 6.07) is 14.2. The Kier molecular flexibility index (Phi) is 10.4. The average Bonchev–Trinajstić information content (AvgIpc) is 2.76. The molecule has 0 radical (unpaired) electrons. The fourth-order valence-electron chi connectivity index (χ4n) is 3.28. The molecule has 2 rings (SSSR count). The van der Waals surface area contributed by atoms with Crippen LogP contribution in [0.5, 0.6) is 0 Å². The lowest BCUT2D eigenvalue weighted by Crippen LogP contribution is -2.39.